The van der Waals surface area contributed by atoms with Gasteiger partial charge >= 0.3 is 0 Å². The van der Waals surface area contributed by atoms with Crippen molar-refractivity contribution in [2.75, 3.05) is 5.32 Å². The van der Waals surface area contributed by atoms with Crippen molar-refractivity contribution in [3.05, 3.63) is 69.3 Å². The Kier molecular flexibility index (Phi) is 4.40. The molecule has 0 saturated carbocycles. The van der Waals surface area contributed by atoms with Gasteiger partial charge in [0.05, 0.1) is 16.0 Å². The second-order valence-electron chi connectivity index (χ2n) is 6.45. The van der Waals surface area contributed by atoms with Crippen molar-refractivity contribution in [3.63, 3.8) is 0 Å². The van der Waals surface area contributed by atoms with Gasteiger partial charge in [0.15, 0.2) is 0 Å². The highest BCUT2D eigenvalue weighted by atomic mass is 32.1. The smallest absolute Gasteiger partial charge is 0.271 e. The third-order valence-corrected chi connectivity index (χ3v) is 5.37. The second-order valence-corrected chi connectivity index (χ2v) is 7.31. The van der Waals surface area contributed by atoms with Crippen molar-refractivity contribution >= 4 is 38.7 Å². The first-order valence-electron chi connectivity index (χ1n) is 8.48. The number of aryl methyl sites for hydroxylation is 2. The van der Waals surface area contributed by atoms with Crippen molar-refractivity contribution in [1.29, 1.82) is 0 Å². The Hall–Kier alpha value is -3.52. The minimum atomic E-state index is -0.508. The molecule has 0 aliphatic heterocycles. The van der Waals surface area contributed by atoms with Crippen LogP contribution in [-0.4, -0.2) is 20.0 Å². The Morgan fingerprint density at radius 3 is 2.68 bits per heavy atom. The average molecular weight is 392 g/mol. The zero-order chi connectivity index (χ0) is 19.8. The summed E-state index contributed by atoms with van der Waals surface area (Å²) in [6.07, 6.45) is 1.43. The molecule has 0 bridgehead atoms. The van der Waals surface area contributed by atoms with Crippen LogP contribution in [0.5, 0.6) is 5.75 Å². The third-order valence-electron chi connectivity index (χ3n) is 4.49. The number of hydrogen-bond donors (Lipinski definition) is 2. The molecule has 0 aliphatic rings. The summed E-state index contributed by atoms with van der Waals surface area (Å²) >= 11 is 1.50. The summed E-state index contributed by atoms with van der Waals surface area (Å²) in [5, 5.41) is 27.1. The summed E-state index contributed by atoms with van der Waals surface area (Å²) in [7, 11) is 0. The van der Waals surface area contributed by atoms with Gasteiger partial charge in [-0.15, -0.1) is 11.3 Å². The van der Waals surface area contributed by atoms with Gasteiger partial charge in [-0.25, -0.2) is 9.97 Å². The van der Waals surface area contributed by atoms with Gasteiger partial charge in [-0.2, -0.15) is 0 Å². The molecule has 0 aliphatic carbocycles. The van der Waals surface area contributed by atoms with Crippen molar-refractivity contribution in [3.8, 4) is 16.9 Å². The van der Waals surface area contributed by atoms with Crippen LogP contribution < -0.4 is 5.32 Å². The first kappa shape index (κ1) is 17.9. The van der Waals surface area contributed by atoms with E-state index >= 15 is 0 Å². The van der Waals surface area contributed by atoms with Gasteiger partial charge in [0.25, 0.3) is 5.69 Å². The van der Waals surface area contributed by atoms with E-state index in [4.69, 9.17) is 0 Å². The fourth-order valence-electron chi connectivity index (χ4n) is 3.15. The van der Waals surface area contributed by atoms with E-state index in [1.54, 1.807) is 0 Å². The molecule has 7 nitrogen and oxygen atoms in total. The zero-order valence-corrected chi connectivity index (χ0v) is 15.9. The zero-order valence-electron chi connectivity index (χ0n) is 15.1. The molecule has 8 heteroatoms. The minimum absolute atomic E-state index is 0.0966. The Labute approximate surface area is 164 Å². The van der Waals surface area contributed by atoms with Crippen molar-refractivity contribution in [1.82, 2.24) is 9.97 Å². The number of rotatable bonds is 4. The van der Waals surface area contributed by atoms with Crippen molar-refractivity contribution in [2.24, 2.45) is 0 Å². The number of thiophene rings is 1. The molecule has 4 rings (SSSR count). The van der Waals surface area contributed by atoms with Crippen LogP contribution >= 0.6 is 11.3 Å². The number of nitro groups is 1. The number of hydrogen-bond acceptors (Lipinski definition) is 7. The maximum atomic E-state index is 11.1. The number of fused-ring (bicyclic) bond motifs is 1. The lowest BCUT2D eigenvalue weighted by molar-refractivity contribution is -0.384. The Balaban J connectivity index is 1.86. The summed E-state index contributed by atoms with van der Waals surface area (Å²) in [5.41, 5.74) is 4.45. The van der Waals surface area contributed by atoms with Gasteiger partial charge in [-0.05, 0) is 31.0 Å². The van der Waals surface area contributed by atoms with E-state index in [0.29, 0.717) is 5.82 Å². The van der Waals surface area contributed by atoms with E-state index < -0.39 is 4.92 Å². The van der Waals surface area contributed by atoms with E-state index in [-0.39, 0.29) is 17.1 Å². The second kappa shape index (κ2) is 6.90. The van der Waals surface area contributed by atoms with Crippen LogP contribution in [0, 0.1) is 24.0 Å². The fraction of sp³-hybridized carbons (Fsp3) is 0.100. The SMILES string of the molecule is Cc1ccc(-c2csc3ncnc(Nc4cc([N+](=O)[O-])ccc4O)c23)c(C)c1. The normalized spacial score (nSPS) is 10.9. The van der Waals surface area contributed by atoms with Gasteiger partial charge in [-0.3, -0.25) is 10.1 Å². The number of anilines is 2. The first-order valence-corrected chi connectivity index (χ1v) is 9.36. The van der Waals surface area contributed by atoms with E-state index in [0.717, 1.165) is 26.9 Å². The van der Waals surface area contributed by atoms with Crippen molar-refractivity contribution < 1.29 is 10.0 Å². The molecule has 0 spiro atoms. The Morgan fingerprint density at radius 1 is 1.11 bits per heavy atom. The highest BCUT2D eigenvalue weighted by Gasteiger charge is 2.17. The quantitative estimate of drug-likeness (QED) is 0.276. The van der Waals surface area contributed by atoms with Gasteiger partial charge in [0, 0.05) is 23.1 Å². The van der Waals surface area contributed by atoms with Gasteiger partial charge < -0.3 is 10.4 Å². The van der Waals surface area contributed by atoms with Gasteiger partial charge in [-0.1, -0.05) is 23.8 Å². The average Bonchev–Trinajstić information content (AvgIpc) is 3.08. The lowest BCUT2D eigenvalue weighted by atomic mass is 9.99. The molecule has 2 N–H and O–H groups in total. The highest BCUT2D eigenvalue weighted by Crippen LogP contribution is 2.40. The molecule has 0 amide bonds. The summed E-state index contributed by atoms with van der Waals surface area (Å²) in [4.78, 5) is 20.0. The maximum absolute atomic E-state index is 11.1. The molecule has 2 aromatic heterocycles. The van der Waals surface area contributed by atoms with Gasteiger partial charge in [0.1, 0.15) is 22.7 Å². The number of nitrogens with one attached hydrogen (secondary N) is 1. The number of aromatic nitrogens is 2. The Bertz CT molecular complexity index is 1220. The largest absolute Gasteiger partial charge is 0.506 e. The molecular weight excluding hydrogens is 376 g/mol. The molecule has 28 heavy (non-hydrogen) atoms. The van der Waals surface area contributed by atoms with Crippen LogP contribution in [0.25, 0.3) is 21.3 Å². The number of nitrogens with zero attached hydrogens (tertiary/aromatic N) is 3. The molecule has 0 atom stereocenters. The predicted molar refractivity (Wildman–Crippen MR) is 110 cm³/mol. The van der Waals surface area contributed by atoms with E-state index in [1.165, 1.54) is 41.4 Å². The number of non-ortho nitro benzene ring substituents is 1. The standard InChI is InChI=1S/C20H16N4O3S/c1-11-3-5-14(12(2)7-11)15-9-28-20-18(15)19(21-10-22-20)23-16-8-13(24(26)27)4-6-17(16)25/h3-10,25H,1-2H3,(H,21,22,23). The number of aromatic hydroxyl groups is 1. The molecule has 0 radical (unpaired) electrons. The van der Waals surface area contributed by atoms with Crippen LogP contribution in [0.3, 0.4) is 0 Å². The lowest BCUT2D eigenvalue weighted by Crippen LogP contribution is -1.97. The molecular formula is C20H16N4O3S. The first-order chi connectivity index (χ1) is 13.4. The monoisotopic (exact) mass is 392 g/mol. The van der Waals surface area contributed by atoms with Crippen LogP contribution in [0.1, 0.15) is 11.1 Å². The molecule has 0 fully saturated rings. The molecule has 4 aromatic rings. The van der Waals surface area contributed by atoms with E-state index in [1.807, 2.05) is 12.3 Å². The number of phenols is 1. The topological polar surface area (TPSA) is 101 Å². The molecule has 0 saturated heterocycles. The summed E-state index contributed by atoms with van der Waals surface area (Å²) in [6.45, 7) is 4.10. The third kappa shape index (κ3) is 3.14. The van der Waals surface area contributed by atoms with Crippen molar-refractivity contribution in [2.45, 2.75) is 13.8 Å². The van der Waals surface area contributed by atoms with Crippen LogP contribution in [0.2, 0.25) is 0 Å². The predicted octanol–water partition coefficient (Wildman–Crippen LogP) is 5.33. The van der Waals surface area contributed by atoms with E-state index in [2.05, 4.69) is 40.4 Å². The minimum Gasteiger partial charge on any atom is -0.506 e. The molecule has 0 unspecified atom stereocenters. The van der Waals surface area contributed by atoms with Crippen LogP contribution in [-0.2, 0) is 0 Å². The molecule has 140 valence electrons. The molecule has 2 aromatic carbocycles. The van der Waals surface area contributed by atoms with Crippen LogP contribution in [0.4, 0.5) is 17.2 Å². The summed E-state index contributed by atoms with van der Waals surface area (Å²) < 4.78 is 0. The Morgan fingerprint density at radius 2 is 1.93 bits per heavy atom. The van der Waals surface area contributed by atoms with E-state index in [9.17, 15) is 15.2 Å². The van der Waals surface area contributed by atoms with Crippen LogP contribution in [0.15, 0.2) is 48.1 Å². The number of nitro benzene ring substituents is 1. The highest BCUT2D eigenvalue weighted by molar-refractivity contribution is 7.17. The lowest BCUT2D eigenvalue weighted by Gasteiger charge is -2.11. The van der Waals surface area contributed by atoms with Gasteiger partial charge in [0.2, 0.25) is 0 Å². The summed E-state index contributed by atoms with van der Waals surface area (Å²) in [5.74, 6) is 0.387. The molecule has 2 heterocycles. The number of phenolic OH excluding ortho intramolecular Hbond substituents is 1. The fourth-order valence-corrected chi connectivity index (χ4v) is 4.06. The summed E-state index contributed by atoms with van der Waals surface area (Å²) in [6, 6.07) is 10.1. The number of benzene rings is 2. The maximum Gasteiger partial charge on any atom is 0.271 e.